The molecule has 2 aromatic carbocycles. The third-order valence-electron chi connectivity index (χ3n) is 3.77. The summed E-state index contributed by atoms with van der Waals surface area (Å²) in [5.41, 5.74) is 1.60. The lowest BCUT2D eigenvalue weighted by atomic mass is 10.1. The fraction of sp³-hybridized carbons (Fsp3) is 0.176. The number of amides is 1. The molecule has 0 aliphatic rings. The number of nitrogens with one attached hydrogen (secondary N) is 1. The molecule has 1 aromatic heterocycles. The molecule has 0 fully saturated rings. The van der Waals surface area contributed by atoms with Gasteiger partial charge in [-0.3, -0.25) is 4.79 Å². The molecule has 1 N–H and O–H groups in total. The van der Waals surface area contributed by atoms with Crippen LogP contribution >= 0.6 is 0 Å². The molecule has 0 saturated heterocycles. The van der Waals surface area contributed by atoms with Gasteiger partial charge in [-0.1, -0.05) is 18.2 Å². The fourth-order valence-corrected chi connectivity index (χ4v) is 2.45. The van der Waals surface area contributed by atoms with Gasteiger partial charge in [0, 0.05) is 0 Å². The van der Waals surface area contributed by atoms with Gasteiger partial charge >= 0.3 is 0 Å². The number of benzene rings is 2. The first-order chi connectivity index (χ1) is 12.1. The van der Waals surface area contributed by atoms with Crippen LogP contribution in [0.4, 0.5) is 4.39 Å². The zero-order valence-corrected chi connectivity index (χ0v) is 13.7. The van der Waals surface area contributed by atoms with Gasteiger partial charge in [-0.05, 0) is 47.2 Å². The number of methoxy groups -OCH3 is 1. The Balaban J connectivity index is 1.82. The average molecular weight is 341 g/mol. The van der Waals surface area contributed by atoms with Crippen LogP contribution < -0.4 is 10.1 Å². The molecule has 0 radical (unpaired) electrons. The highest BCUT2D eigenvalue weighted by Gasteiger charge is 2.17. The molecule has 25 heavy (non-hydrogen) atoms. The lowest BCUT2D eigenvalue weighted by Crippen LogP contribution is -2.27. The first-order valence-electron chi connectivity index (χ1n) is 7.57. The molecule has 8 heteroatoms. The van der Waals surface area contributed by atoms with Gasteiger partial charge in [0.25, 0.3) is 5.91 Å². The largest absolute Gasteiger partial charge is 0.494 e. The van der Waals surface area contributed by atoms with Gasteiger partial charge in [0.15, 0.2) is 11.6 Å². The molecule has 0 aliphatic heterocycles. The molecule has 1 heterocycles. The third kappa shape index (κ3) is 3.47. The fourth-order valence-electron chi connectivity index (χ4n) is 2.45. The zero-order valence-electron chi connectivity index (χ0n) is 13.7. The molecule has 0 spiro atoms. The maximum absolute atomic E-state index is 13.9. The second kappa shape index (κ2) is 7.08. The minimum absolute atomic E-state index is 0.159. The number of aromatic nitrogens is 4. The Hall–Kier alpha value is -3.29. The summed E-state index contributed by atoms with van der Waals surface area (Å²) in [5, 5.41) is 13.8. The highest BCUT2D eigenvalue weighted by atomic mass is 19.1. The first kappa shape index (κ1) is 16.6. The van der Waals surface area contributed by atoms with Gasteiger partial charge in [0.05, 0.1) is 24.4 Å². The van der Waals surface area contributed by atoms with Crippen molar-refractivity contribution in [2.75, 3.05) is 7.11 Å². The molecular formula is C17H16FN5O2. The van der Waals surface area contributed by atoms with Gasteiger partial charge in [-0.25, -0.2) is 4.39 Å². The topological polar surface area (TPSA) is 81.9 Å². The number of para-hydroxylation sites is 1. The van der Waals surface area contributed by atoms with Gasteiger partial charge in [0.2, 0.25) is 0 Å². The standard InChI is InChI=1S/C17H16FN5O2/c1-11(12-7-8-16(25-2)14(18)9-12)20-17(24)13-5-3-4-6-15(13)23-10-19-21-22-23/h3-11H,1-2H3,(H,20,24). The predicted octanol–water partition coefficient (Wildman–Crippen LogP) is 2.30. The van der Waals surface area contributed by atoms with Crippen molar-refractivity contribution in [3.8, 4) is 11.4 Å². The summed E-state index contributed by atoms with van der Waals surface area (Å²) >= 11 is 0. The molecule has 3 aromatic rings. The van der Waals surface area contributed by atoms with E-state index in [-0.39, 0.29) is 11.7 Å². The van der Waals surface area contributed by atoms with Gasteiger partial charge in [-0.15, -0.1) is 5.10 Å². The Bertz CT molecular complexity index is 883. The molecule has 1 unspecified atom stereocenters. The summed E-state index contributed by atoms with van der Waals surface area (Å²) in [4.78, 5) is 12.6. The van der Waals surface area contributed by atoms with Crippen molar-refractivity contribution >= 4 is 5.91 Å². The summed E-state index contributed by atoms with van der Waals surface area (Å²) < 4.78 is 20.2. The second-order valence-corrected chi connectivity index (χ2v) is 5.36. The number of nitrogens with zero attached hydrogens (tertiary/aromatic N) is 4. The number of tetrazole rings is 1. The highest BCUT2D eigenvalue weighted by Crippen LogP contribution is 2.22. The van der Waals surface area contributed by atoms with E-state index in [9.17, 15) is 9.18 Å². The van der Waals surface area contributed by atoms with Gasteiger partial charge < -0.3 is 10.1 Å². The Morgan fingerprint density at radius 2 is 2.08 bits per heavy atom. The van der Waals surface area contributed by atoms with Crippen LogP contribution in [-0.2, 0) is 0 Å². The molecule has 7 nitrogen and oxygen atoms in total. The third-order valence-corrected chi connectivity index (χ3v) is 3.77. The molecule has 0 bridgehead atoms. The molecule has 0 aliphatic carbocycles. The van der Waals surface area contributed by atoms with Crippen molar-refractivity contribution in [3.05, 3.63) is 65.7 Å². The normalized spacial score (nSPS) is 11.8. The minimum atomic E-state index is -0.477. The van der Waals surface area contributed by atoms with Crippen molar-refractivity contribution in [3.63, 3.8) is 0 Å². The van der Waals surface area contributed by atoms with Crippen molar-refractivity contribution in [2.45, 2.75) is 13.0 Å². The summed E-state index contributed by atoms with van der Waals surface area (Å²) in [7, 11) is 1.40. The van der Waals surface area contributed by atoms with Crippen LogP contribution in [0.15, 0.2) is 48.8 Å². The molecule has 3 rings (SSSR count). The van der Waals surface area contributed by atoms with Crippen molar-refractivity contribution in [1.29, 1.82) is 0 Å². The number of carbonyl (C=O) groups excluding carboxylic acids is 1. The van der Waals surface area contributed by atoms with Crippen LogP contribution in [0.2, 0.25) is 0 Å². The van der Waals surface area contributed by atoms with Crippen LogP contribution in [0, 0.1) is 5.82 Å². The van der Waals surface area contributed by atoms with Crippen LogP contribution in [0.25, 0.3) is 5.69 Å². The van der Waals surface area contributed by atoms with E-state index in [1.54, 1.807) is 37.3 Å². The number of rotatable bonds is 5. The van der Waals surface area contributed by atoms with Gasteiger partial charge in [-0.2, -0.15) is 4.68 Å². The van der Waals surface area contributed by atoms with Gasteiger partial charge in [0.1, 0.15) is 6.33 Å². The molecule has 0 saturated carbocycles. The highest BCUT2D eigenvalue weighted by molar-refractivity contribution is 5.97. The number of halogens is 1. The van der Waals surface area contributed by atoms with E-state index < -0.39 is 11.9 Å². The first-order valence-corrected chi connectivity index (χ1v) is 7.57. The Morgan fingerprint density at radius 1 is 1.28 bits per heavy atom. The lowest BCUT2D eigenvalue weighted by Gasteiger charge is -2.16. The Labute approximate surface area is 143 Å². The number of hydrogen-bond donors (Lipinski definition) is 1. The van der Waals surface area contributed by atoms with E-state index >= 15 is 0 Å². The summed E-state index contributed by atoms with van der Waals surface area (Å²) in [5.74, 6) is -0.628. The van der Waals surface area contributed by atoms with Crippen LogP contribution in [-0.4, -0.2) is 33.2 Å². The maximum atomic E-state index is 13.9. The molecule has 1 atom stereocenters. The minimum Gasteiger partial charge on any atom is -0.494 e. The van der Waals surface area contributed by atoms with E-state index in [0.29, 0.717) is 16.8 Å². The van der Waals surface area contributed by atoms with Crippen molar-refractivity contribution < 1.29 is 13.9 Å². The molecule has 128 valence electrons. The Morgan fingerprint density at radius 3 is 2.76 bits per heavy atom. The second-order valence-electron chi connectivity index (χ2n) is 5.36. The van der Waals surface area contributed by atoms with Crippen LogP contribution in [0.3, 0.4) is 0 Å². The maximum Gasteiger partial charge on any atom is 0.253 e. The quantitative estimate of drug-likeness (QED) is 0.770. The molecular weight excluding hydrogens is 325 g/mol. The van der Waals surface area contributed by atoms with E-state index in [4.69, 9.17) is 4.74 Å². The van der Waals surface area contributed by atoms with Crippen LogP contribution in [0.1, 0.15) is 28.9 Å². The van der Waals surface area contributed by atoms with E-state index in [1.165, 1.54) is 30.3 Å². The summed E-state index contributed by atoms with van der Waals surface area (Å²) in [6.45, 7) is 1.78. The Kier molecular flexibility index (Phi) is 4.69. The monoisotopic (exact) mass is 341 g/mol. The van der Waals surface area contributed by atoms with Crippen LogP contribution in [0.5, 0.6) is 5.75 Å². The van der Waals surface area contributed by atoms with E-state index in [2.05, 4.69) is 20.8 Å². The lowest BCUT2D eigenvalue weighted by molar-refractivity contribution is 0.0939. The van der Waals surface area contributed by atoms with Crippen molar-refractivity contribution in [1.82, 2.24) is 25.5 Å². The predicted molar refractivity (Wildman–Crippen MR) is 88.0 cm³/mol. The zero-order chi connectivity index (χ0) is 17.8. The SMILES string of the molecule is COc1ccc(C(C)NC(=O)c2ccccc2-n2cnnn2)cc1F. The average Bonchev–Trinajstić information content (AvgIpc) is 3.16. The number of ether oxygens (including phenoxy) is 1. The smallest absolute Gasteiger partial charge is 0.253 e. The van der Waals surface area contributed by atoms with E-state index in [0.717, 1.165) is 0 Å². The van der Waals surface area contributed by atoms with Crippen molar-refractivity contribution in [2.24, 2.45) is 0 Å². The number of hydrogen-bond acceptors (Lipinski definition) is 5. The van der Waals surface area contributed by atoms with E-state index in [1.807, 2.05) is 0 Å². The molecule has 1 amide bonds. The summed E-state index contributed by atoms with van der Waals surface area (Å²) in [6.07, 6.45) is 1.41. The summed E-state index contributed by atoms with van der Waals surface area (Å²) in [6, 6.07) is 11.1. The number of carbonyl (C=O) groups is 1.